The van der Waals surface area contributed by atoms with Crippen LogP contribution in [0.5, 0.6) is 0 Å². The van der Waals surface area contributed by atoms with Gasteiger partial charge in [0.1, 0.15) is 0 Å². The number of hydrogen-bond acceptors (Lipinski definition) is 3. The number of ether oxygens (including phenoxy) is 3. The second kappa shape index (κ2) is 12.4. The van der Waals surface area contributed by atoms with Crippen LogP contribution in [0.4, 0.5) is 0 Å². The molecular formula is C36H38O3Sn. The summed E-state index contributed by atoms with van der Waals surface area (Å²) in [6, 6.07) is 44.0. The van der Waals surface area contributed by atoms with Crippen LogP contribution < -0.4 is 10.7 Å². The summed E-state index contributed by atoms with van der Waals surface area (Å²) in [5, 5.41) is 0. The van der Waals surface area contributed by atoms with Crippen molar-refractivity contribution < 1.29 is 14.2 Å². The average Bonchev–Trinajstić information content (AvgIpc) is 3.36. The van der Waals surface area contributed by atoms with Gasteiger partial charge in [-0.15, -0.1) is 0 Å². The third-order valence-electron chi connectivity index (χ3n) is 8.77. The third kappa shape index (κ3) is 5.45. The Labute approximate surface area is 242 Å². The van der Waals surface area contributed by atoms with Gasteiger partial charge in [0.05, 0.1) is 0 Å². The van der Waals surface area contributed by atoms with Gasteiger partial charge in [-0.25, -0.2) is 0 Å². The molecule has 0 aliphatic carbocycles. The van der Waals surface area contributed by atoms with Crippen LogP contribution in [-0.4, -0.2) is 49.9 Å². The van der Waals surface area contributed by atoms with E-state index in [1.807, 2.05) is 6.07 Å². The molecule has 2 saturated heterocycles. The van der Waals surface area contributed by atoms with Crippen molar-refractivity contribution >= 4 is 29.1 Å². The Morgan fingerprint density at radius 1 is 0.775 bits per heavy atom. The molecule has 0 aromatic heterocycles. The predicted octanol–water partition coefficient (Wildman–Crippen LogP) is 5.42. The van der Waals surface area contributed by atoms with E-state index in [4.69, 9.17) is 14.2 Å². The number of benzene rings is 4. The van der Waals surface area contributed by atoms with Crippen LogP contribution in [-0.2, 0) is 20.8 Å². The van der Waals surface area contributed by atoms with Crippen LogP contribution in [0.15, 0.2) is 131 Å². The van der Waals surface area contributed by atoms with Crippen molar-refractivity contribution in [2.75, 3.05) is 19.8 Å². The van der Waals surface area contributed by atoms with Crippen molar-refractivity contribution in [3.05, 3.63) is 137 Å². The molecule has 0 saturated carbocycles. The molecule has 2 fully saturated rings. The van der Waals surface area contributed by atoms with Gasteiger partial charge in [0.2, 0.25) is 0 Å². The van der Waals surface area contributed by atoms with Gasteiger partial charge in [0, 0.05) is 0 Å². The van der Waals surface area contributed by atoms with Crippen LogP contribution in [0.25, 0.3) is 0 Å². The normalized spacial score (nSPS) is 23.7. The first-order chi connectivity index (χ1) is 19.7. The number of rotatable bonds is 9. The van der Waals surface area contributed by atoms with E-state index in [0.29, 0.717) is 19.8 Å². The molecule has 204 valence electrons. The Kier molecular flexibility index (Phi) is 8.54. The maximum atomic E-state index is 6.58. The van der Waals surface area contributed by atoms with E-state index >= 15 is 0 Å². The molecule has 2 heterocycles. The summed E-state index contributed by atoms with van der Waals surface area (Å²) < 4.78 is 26.3. The summed E-state index contributed by atoms with van der Waals surface area (Å²) in [7, 11) is 0. The summed E-state index contributed by atoms with van der Waals surface area (Å²) in [5.74, 6) is 0.243. The average molecular weight is 637 g/mol. The summed E-state index contributed by atoms with van der Waals surface area (Å²) >= 11 is -3.55. The molecule has 40 heavy (non-hydrogen) atoms. The van der Waals surface area contributed by atoms with Gasteiger partial charge < -0.3 is 0 Å². The monoisotopic (exact) mass is 638 g/mol. The zero-order valence-corrected chi connectivity index (χ0v) is 26.1. The second-order valence-corrected chi connectivity index (χ2v) is 21.5. The first-order valence-electron chi connectivity index (χ1n) is 14.5. The van der Waals surface area contributed by atoms with Gasteiger partial charge in [0.25, 0.3) is 0 Å². The summed E-state index contributed by atoms with van der Waals surface area (Å²) in [4.78, 5) is 0. The quantitative estimate of drug-likeness (QED) is 0.181. The first kappa shape index (κ1) is 27.5. The zero-order chi connectivity index (χ0) is 27.3. The predicted molar refractivity (Wildman–Crippen MR) is 165 cm³/mol. The summed E-state index contributed by atoms with van der Waals surface area (Å²) in [5.41, 5.74) is 2.36. The van der Waals surface area contributed by atoms with E-state index in [0.717, 1.165) is 19.4 Å². The molecule has 2 aliphatic rings. The Bertz CT molecular complexity index is 1290. The molecule has 0 radical (unpaired) electrons. The van der Waals surface area contributed by atoms with Crippen molar-refractivity contribution in [3.63, 3.8) is 0 Å². The second-order valence-electron chi connectivity index (χ2n) is 11.1. The molecule has 0 bridgehead atoms. The zero-order valence-electron chi connectivity index (χ0n) is 23.2. The molecule has 4 aromatic carbocycles. The van der Waals surface area contributed by atoms with Crippen LogP contribution in [0.2, 0.25) is 0 Å². The third-order valence-corrected chi connectivity index (χ3v) is 21.7. The molecule has 3 nitrogen and oxygen atoms in total. The van der Waals surface area contributed by atoms with Crippen LogP contribution >= 0.6 is 0 Å². The van der Waals surface area contributed by atoms with Crippen molar-refractivity contribution in [1.82, 2.24) is 0 Å². The van der Waals surface area contributed by atoms with Gasteiger partial charge in [-0.3, -0.25) is 0 Å². The van der Waals surface area contributed by atoms with E-state index in [1.54, 1.807) is 0 Å². The molecule has 0 N–H and O–H groups in total. The fourth-order valence-corrected chi connectivity index (χ4v) is 19.6. The van der Waals surface area contributed by atoms with Gasteiger partial charge in [-0.05, 0) is 0 Å². The van der Waals surface area contributed by atoms with Gasteiger partial charge in [-0.1, -0.05) is 6.07 Å². The SMILES string of the molecule is C[C@]12OCC/C(=[CH]\[Sn]([c]3ccccc3)([c]3ccccc3)[c]3ccccc3)[C@H]1CO[C@@H]2CCOCc1ccccc1. The topological polar surface area (TPSA) is 27.7 Å². The van der Waals surface area contributed by atoms with E-state index in [1.165, 1.54) is 21.9 Å². The molecule has 0 spiro atoms. The van der Waals surface area contributed by atoms with Gasteiger partial charge in [-0.2, -0.15) is 0 Å². The molecule has 3 atom stereocenters. The molecule has 0 amide bonds. The molecule has 2 aliphatic heterocycles. The van der Waals surface area contributed by atoms with Gasteiger partial charge >= 0.3 is 238 Å². The maximum absolute atomic E-state index is 6.58. The van der Waals surface area contributed by atoms with Crippen molar-refractivity contribution in [2.45, 2.75) is 38.1 Å². The van der Waals surface area contributed by atoms with E-state index < -0.39 is 18.4 Å². The Balaban J connectivity index is 1.33. The fourth-order valence-electron chi connectivity index (χ4n) is 6.63. The van der Waals surface area contributed by atoms with Crippen LogP contribution in [0.3, 0.4) is 0 Å². The Hall–Kier alpha value is -2.70. The number of hydrogen-bond donors (Lipinski definition) is 0. The van der Waals surface area contributed by atoms with E-state index in [-0.39, 0.29) is 17.6 Å². The van der Waals surface area contributed by atoms with Gasteiger partial charge in [0.15, 0.2) is 0 Å². The molecule has 6 rings (SSSR count). The summed E-state index contributed by atoms with van der Waals surface area (Å²) in [6.07, 6.45) is 1.80. The molecule has 4 aromatic rings. The standard InChI is InChI=1S/C18H23O3.3C6H5.Sn/c1-14-8-11-21-18(2)16(14)13-20-17(18)9-10-19-12-15-6-4-3-5-7-15;3*1-2-4-6-5-3-1;/h1,3-7,16-17H,8-13H2,2H3;3*1-5H;/t16-,17-,18+;;;;/m1..../s1. The minimum atomic E-state index is -3.55. The molecule has 4 heteroatoms. The van der Waals surface area contributed by atoms with Crippen LogP contribution in [0, 0.1) is 5.92 Å². The van der Waals surface area contributed by atoms with Crippen molar-refractivity contribution in [2.24, 2.45) is 5.92 Å². The Morgan fingerprint density at radius 3 is 1.85 bits per heavy atom. The van der Waals surface area contributed by atoms with E-state index in [2.05, 4.69) is 126 Å². The fraction of sp³-hybridized carbons (Fsp3) is 0.278. The van der Waals surface area contributed by atoms with Crippen molar-refractivity contribution in [3.8, 4) is 0 Å². The van der Waals surface area contributed by atoms with Crippen molar-refractivity contribution in [1.29, 1.82) is 0 Å². The molecule has 0 unspecified atom stereocenters. The van der Waals surface area contributed by atoms with Crippen LogP contribution in [0.1, 0.15) is 25.3 Å². The minimum absolute atomic E-state index is 0.0201. The number of fused-ring (bicyclic) bond motifs is 1. The first-order valence-corrected chi connectivity index (χ1v) is 20.4. The molecular weight excluding hydrogens is 599 g/mol. The van der Waals surface area contributed by atoms with E-state index in [9.17, 15) is 0 Å². The summed E-state index contributed by atoms with van der Waals surface area (Å²) in [6.45, 7) is 4.98. The Morgan fingerprint density at radius 2 is 1.30 bits per heavy atom.